The lowest BCUT2D eigenvalue weighted by atomic mass is 9.97. The van der Waals surface area contributed by atoms with E-state index < -0.39 is 5.97 Å². The third-order valence-electron chi connectivity index (χ3n) is 3.42. The predicted octanol–water partition coefficient (Wildman–Crippen LogP) is 3.32. The summed E-state index contributed by atoms with van der Waals surface area (Å²) in [6.07, 6.45) is 0.0705. The van der Waals surface area contributed by atoms with Crippen molar-refractivity contribution in [2.45, 2.75) is 12.5 Å². The fraction of sp³-hybridized carbons (Fsp3) is 0.235. The van der Waals surface area contributed by atoms with Crippen molar-refractivity contribution in [3.8, 4) is 0 Å². The van der Waals surface area contributed by atoms with E-state index >= 15 is 0 Å². The van der Waals surface area contributed by atoms with Gasteiger partial charge in [0.1, 0.15) is 5.82 Å². The summed E-state index contributed by atoms with van der Waals surface area (Å²) in [4.78, 5) is 12.7. The number of benzene rings is 2. The molecule has 0 spiro atoms. The van der Waals surface area contributed by atoms with Gasteiger partial charge in [0.15, 0.2) is 0 Å². The molecule has 1 unspecified atom stereocenters. The molecular weight excluding hydrogens is 269 g/mol. The molecule has 2 aromatic carbocycles. The van der Waals surface area contributed by atoms with Crippen LogP contribution in [-0.4, -0.2) is 29.6 Å². The topological polar surface area (TPSA) is 40.5 Å². The highest BCUT2D eigenvalue weighted by Crippen LogP contribution is 2.27. The smallest absolute Gasteiger partial charge is 0.304 e. The highest BCUT2D eigenvalue weighted by Gasteiger charge is 2.19. The maximum absolute atomic E-state index is 13.1. The van der Waals surface area contributed by atoms with Crippen LogP contribution in [-0.2, 0) is 4.79 Å². The van der Waals surface area contributed by atoms with E-state index in [9.17, 15) is 9.18 Å². The van der Waals surface area contributed by atoms with E-state index in [1.165, 1.54) is 12.1 Å². The van der Waals surface area contributed by atoms with Crippen LogP contribution in [0.1, 0.15) is 23.6 Å². The number of halogens is 1. The van der Waals surface area contributed by atoms with Gasteiger partial charge >= 0.3 is 5.97 Å². The molecule has 0 radical (unpaired) electrons. The minimum absolute atomic E-state index is 0.0705. The Labute approximate surface area is 123 Å². The van der Waals surface area contributed by atoms with Gasteiger partial charge in [0, 0.05) is 6.54 Å². The van der Waals surface area contributed by atoms with E-state index in [2.05, 4.69) is 0 Å². The standard InChI is InChI=1S/C17H18FNO2/c1-19(12-11-16(20)21)17(13-5-3-2-4-6-13)14-7-9-15(18)10-8-14/h2-10,17H,11-12H2,1H3,(H,20,21). The van der Waals surface area contributed by atoms with Crippen molar-refractivity contribution in [2.24, 2.45) is 0 Å². The summed E-state index contributed by atoms with van der Waals surface area (Å²) in [6, 6.07) is 16.0. The number of aliphatic carboxylic acids is 1. The lowest BCUT2D eigenvalue weighted by Crippen LogP contribution is -2.28. The van der Waals surface area contributed by atoms with Gasteiger partial charge in [-0.3, -0.25) is 9.69 Å². The van der Waals surface area contributed by atoms with Gasteiger partial charge in [0.2, 0.25) is 0 Å². The number of carboxylic acid groups (broad SMARTS) is 1. The first-order valence-corrected chi connectivity index (χ1v) is 6.80. The second-order valence-corrected chi connectivity index (χ2v) is 4.99. The normalized spacial score (nSPS) is 12.3. The third kappa shape index (κ3) is 4.13. The molecule has 4 heteroatoms. The Morgan fingerprint density at radius 3 is 2.24 bits per heavy atom. The van der Waals surface area contributed by atoms with Gasteiger partial charge in [-0.1, -0.05) is 42.5 Å². The van der Waals surface area contributed by atoms with Crippen molar-refractivity contribution in [1.82, 2.24) is 4.90 Å². The zero-order valence-corrected chi connectivity index (χ0v) is 11.9. The summed E-state index contributed by atoms with van der Waals surface area (Å²) in [5, 5.41) is 8.85. The fourth-order valence-electron chi connectivity index (χ4n) is 2.38. The molecule has 2 aromatic rings. The van der Waals surface area contributed by atoms with Gasteiger partial charge in [-0.05, 0) is 30.3 Å². The van der Waals surface area contributed by atoms with Crippen molar-refractivity contribution in [3.05, 3.63) is 71.5 Å². The molecule has 0 aliphatic heterocycles. The lowest BCUT2D eigenvalue weighted by molar-refractivity contribution is -0.137. The van der Waals surface area contributed by atoms with Gasteiger partial charge in [-0.15, -0.1) is 0 Å². The largest absolute Gasteiger partial charge is 0.481 e. The van der Waals surface area contributed by atoms with Crippen molar-refractivity contribution in [1.29, 1.82) is 0 Å². The Morgan fingerprint density at radius 2 is 1.67 bits per heavy atom. The second kappa shape index (κ2) is 6.99. The highest BCUT2D eigenvalue weighted by atomic mass is 19.1. The molecule has 21 heavy (non-hydrogen) atoms. The molecule has 0 aromatic heterocycles. The van der Waals surface area contributed by atoms with E-state index in [0.717, 1.165) is 11.1 Å². The van der Waals surface area contributed by atoms with Crippen LogP contribution in [0.25, 0.3) is 0 Å². The van der Waals surface area contributed by atoms with Gasteiger partial charge in [-0.25, -0.2) is 4.39 Å². The first-order valence-electron chi connectivity index (χ1n) is 6.80. The van der Waals surface area contributed by atoms with Crippen molar-refractivity contribution >= 4 is 5.97 Å². The quantitative estimate of drug-likeness (QED) is 0.886. The number of rotatable bonds is 6. The Kier molecular flexibility index (Phi) is 5.06. The number of hydrogen-bond acceptors (Lipinski definition) is 2. The lowest BCUT2D eigenvalue weighted by Gasteiger charge is -2.28. The minimum atomic E-state index is -0.826. The summed E-state index contributed by atoms with van der Waals surface area (Å²) in [6.45, 7) is 0.423. The van der Waals surface area contributed by atoms with E-state index in [-0.39, 0.29) is 18.3 Å². The molecule has 0 heterocycles. The Morgan fingerprint density at radius 1 is 1.10 bits per heavy atom. The van der Waals surface area contributed by atoms with Crippen LogP contribution in [0.3, 0.4) is 0 Å². The second-order valence-electron chi connectivity index (χ2n) is 4.99. The molecule has 0 fully saturated rings. The molecule has 3 nitrogen and oxygen atoms in total. The predicted molar refractivity (Wildman–Crippen MR) is 79.6 cm³/mol. The molecule has 1 atom stereocenters. The van der Waals surface area contributed by atoms with Crippen LogP contribution in [0.15, 0.2) is 54.6 Å². The van der Waals surface area contributed by atoms with Crippen LogP contribution in [0.2, 0.25) is 0 Å². The first kappa shape index (κ1) is 15.2. The zero-order chi connectivity index (χ0) is 15.2. The first-order chi connectivity index (χ1) is 10.1. The average molecular weight is 287 g/mol. The van der Waals surface area contributed by atoms with Crippen LogP contribution in [0.4, 0.5) is 4.39 Å². The van der Waals surface area contributed by atoms with Crippen LogP contribution in [0, 0.1) is 5.82 Å². The zero-order valence-electron chi connectivity index (χ0n) is 11.9. The molecule has 0 saturated heterocycles. The molecule has 0 aliphatic carbocycles. The Balaban J connectivity index is 2.30. The fourth-order valence-corrected chi connectivity index (χ4v) is 2.38. The van der Waals surface area contributed by atoms with E-state index in [0.29, 0.717) is 6.54 Å². The SMILES string of the molecule is CN(CCC(=O)O)C(c1ccccc1)c1ccc(F)cc1. The van der Waals surface area contributed by atoms with Crippen LogP contribution in [0.5, 0.6) is 0 Å². The third-order valence-corrected chi connectivity index (χ3v) is 3.42. The highest BCUT2D eigenvalue weighted by molar-refractivity contribution is 5.66. The number of nitrogens with zero attached hydrogens (tertiary/aromatic N) is 1. The summed E-state index contributed by atoms with van der Waals surface area (Å²) in [5.41, 5.74) is 1.99. The number of hydrogen-bond donors (Lipinski definition) is 1. The Hall–Kier alpha value is -2.20. The van der Waals surface area contributed by atoms with Crippen LogP contribution >= 0.6 is 0 Å². The van der Waals surface area contributed by atoms with Crippen LogP contribution < -0.4 is 0 Å². The average Bonchev–Trinajstić information content (AvgIpc) is 2.48. The van der Waals surface area contributed by atoms with Gasteiger partial charge in [0.05, 0.1) is 12.5 Å². The molecule has 0 saturated carbocycles. The van der Waals surface area contributed by atoms with Crippen molar-refractivity contribution in [3.63, 3.8) is 0 Å². The van der Waals surface area contributed by atoms with Gasteiger partial charge < -0.3 is 5.11 Å². The summed E-state index contributed by atoms with van der Waals surface area (Å²) >= 11 is 0. The molecular formula is C17H18FNO2. The summed E-state index contributed by atoms with van der Waals surface area (Å²) < 4.78 is 13.1. The number of carbonyl (C=O) groups is 1. The molecule has 0 aliphatic rings. The van der Waals surface area contributed by atoms with Crippen molar-refractivity contribution in [2.75, 3.05) is 13.6 Å². The molecule has 0 amide bonds. The maximum Gasteiger partial charge on any atom is 0.304 e. The maximum atomic E-state index is 13.1. The molecule has 0 bridgehead atoms. The van der Waals surface area contributed by atoms with E-state index in [1.54, 1.807) is 12.1 Å². The van der Waals surface area contributed by atoms with Gasteiger partial charge in [0.25, 0.3) is 0 Å². The summed E-state index contributed by atoms with van der Waals surface area (Å²) in [5.74, 6) is -1.11. The molecule has 110 valence electrons. The number of carboxylic acids is 1. The Bertz CT molecular complexity index is 583. The monoisotopic (exact) mass is 287 g/mol. The van der Waals surface area contributed by atoms with E-state index in [4.69, 9.17) is 5.11 Å². The molecule has 2 rings (SSSR count). The van der Waals surface area contributed by atoms with E-state index in [1.807, 2.05) is 42.3 Å². The van der Waals surface area contributed by atoms with Crippen molar-refractivity contribution < 1.29 is 14.3 Å². The molecule has 1 N–H and O–H groups in total. The minimum Gasteiger partial charge on any atom is -0.481 e. The summed E-state index contributed by atoms with van der Waals surface area (Å²) in [7, 11) is 1.88. The van der Waals surface area contributed by atoms with Gasteiger partial charge in [-0.2, -0.15) is 0 Å².